The lowest BCUT2D eigenvalue weighted by Gasteiger charge is -2.13. The minimum absolute atomic E-state index is 0.315. The first kappa shape index (κ1) is 14.4. The first-order valence-electron chi connectivity index (χ1n) is 7.61. The summed E-state index contributed by atoms with van der Waals surface area (Å²) in [5.74, 6) is 1.81. The van der Waals surface area contributed by atoms with E-state index in [9.17, 15) is 0 Å². The predicted molar refractivity (Wildman–Crippen MR) is 91.1 cm³/mol. The summed E-state index contributed by atoms with van der Waals surface area (Å²) in [5, 5.41) is 0. The van der Waals surface area contributed by atoms with Gasteiger partial charge in [-0.3, -0.25) is 0 Å². The Morgan fingerprint density at radius 2 is 1.86 bits per heavy atom. The van der Waals surface area contributed by atoms with Gasteiger partial charge in [-0.15, -0.1) is 0 Å². The van der Waals surface area contributed by atoms with E-state index in [1.165, 1.54) is 0 Å². The zero-order valence-corrected chi connectivity index (χ0v) is 13.2. The number of nitrogens with two attached hydrogens (primary N) is 1. The Morgan fingerprint density at radius 3 is 2.50 bits per heavy atom. The molecular weight excluding hydrogens is 274 g/mol. The molecular formula is C18H21N3O. The van der Waals surface area contributed by atoms with Gasteiger partial charge in [-0.05, 0) is 57.2 Å². The summed E-state index contributed by atoms with van der Waals surface area (Å²) >= 11 is 0. The molecule has 0 saturated carbocycles. The van der Waals surface area contributed by atoms with Crippen LogP contribution in [0, 0.1) is 0 Å². The van der Waals surface area contributed by atoms with Gasteiger partial charge in [0.15, 0.2) is 0 Å². The fraction of sp³-hybridized carbons (Fsp3) is 0.278. The number of benzene rings is 2. The van der Waals surface area contributed by atoms with Crippen molar-refractivity contribution in [2.24, 2.45) is 0 Å². The normalized spacial score (nSPS) is 11.3. The molecule has 4 heteroatoms. The van der Waals surface area contributed by atoms with Gasteiger partial charge in [0.1, 0.15) is 11.6 Å². The van der Waals surface area contributed by atoms with Crippen LogP contribution in [-0.4, -0.2) is 16.2 Å². The summed E-state index contributed by atoms with van der Waals surface area (Å²) in [6, 6.07) is 14.2. The van der Waals surface area contributed by atoms with Gasteiger partial charge in [-0.2, -0.15) is 0 Å². The zero-order chi connectivity index (χ0) is 15.7. The minimum atomic E-state index is 0.315. The fourth-order valence-electron chi connectivity index (χ4n) is 2.69. The van der Waals surface area contributed by atoms with Crippen LogP contribution in [0.15, 0.2) is 42.5 Å². The van der Waals surface area contributed by atoms with Crippen LogP contribution in [0.3, 0.4) is 0 Å². The summed E-state index contributed by atoms with van der Waals surface area (Å²) < 4.78 is 7.83. The summed E-state index contributed by atoms with van der Waals surface area (Å²) in [4.78, 5) is 4.82. The van der Waals surface area contributed by atoms with Crippen molar-refractivity contribution in [3.63, 3.8) is 0 Å². The molecule has 0 amide bonds. The summed E-state index contributed by atoms with van der Waals surface area (Å²) in [6.07, 6.45) is 0. The highest BCUT2D eigenvalue weighted by Crippen LogP contribution is 2.30. The SMILES string of the molecule is CCOc1ccc2c(c1)nc(-c1ccc(N)cc1)n2C(C)C. The second-order valence-electron chi connectivity index (χ2n) is 5.60. The Balaban J connectivity index is 2.20. The van der Waals surface area contributed by atoms with Crippen molar-refractivity contribution in [3.05, 3.63) is 42.5 Å². The third-order valence-corrected chi connectivity index (χ3v) is 3.66. The monoisotopic (exact) mass is 295 g/mol. The largest absolute Gasteiger partial charge is 0.494 e. The number of nitrogen functional groups attached to an aromatic ring is 1. The predicted octanol–water partition coefficient (Wildman–Crippen LogP) is 4.27. The molecule has 1 aromatic heterocycles. The van der Waals surface area contributed by atoms with Gasteiger partial charge in [0.25, 0.3) is 0 Å². The molecule has 0 atom stereocenters. The molecule has 0 bridgehead atoms. The van der Waals surface area contributed by atoms with Crippen LogP contribution in [0.1, 0.15) is 26.8 Å². The van der Waals surface area contributed by atoms with Crippen LogP contribution >= 0.6 is 0 Å². The second kappa shape index (κ2) is 5.72. The number of ether oxygens (including phenoxy) is 1. The number of hydrogen-bond donors (Lipinski definition) is 1. The third-order valence-electron chi connectivity index (χ3n) is 3.66. The maximum Gasteiger partial charge on any atom is 0.141 e. The van der Waals surface area contributed by atoms with Gasteiger partial charge in [0, 0.05) is 23.4 Å². The number of fused-ring (bicyclic) bond motifs is 1. The number of hydrogen-bond acceptors (Lipinski definition) is 3. The molecule has 0 aliphatic heterocycles. The number of anilines is 1. The molecule has 3 rings (SSSR count). The van der Waals surface area contributed by atoms with E-state index in [-0.39, 0.29) is 0 Å². The molecule has 3 aromatic rings. The highest BCUT2D eigenvalue weighted by molar-refractivity contribution is 5.82. The Kier molecular flexibility index (Phi) is 3.75. The Labute approximate surface area is 130 Å². The molecule has 0 spiro atoms. The minimum Gasteiger partial charge on any atom is -0.494 e. The van der Waals surface area contributed by atoms with Crippen LogP contribution in [0.4, 0.5) is 5.69 Å². The topological polar surface area (TPSA) is 53.1 Å². The van der Waals surface area contributed by atoms with E-state index in [0.29, 0.717) is 12.6 Å². The quantitative estimate of drug-likeness (QED) is 0.731. The summed E-state index contributed by atoms with van der Waals surface area (Å²) in [5.41, 5.74) is 9.68. The molecule has 0 radical (unpaired) electrons. The van der Waals surface area contributed by atoms with E-state index in [4.69, 9.17) is 15.5 Å². The Hall–Kier alpha value is -2.49. The number of imidazole rings is 1. The molecule has 0 unspecified atom stereocenters. The lowest BCUT2D eigenvalue weighted by molar-refractivity contribution is 0.340. The van der Waals surface area contributed by atoms with E-state index < -0.39 is 0 Å². The van der Waals surface area contributed by atoms with E-state index in [0.717, 1.165) is 33.9 Å². The molecule has 22 heavy (non-hydrogen) atoms. The highest BCUT2D eigenvalue weighted by atomic mass is 16.5. The average molecular weight is 295 g/mol. The van der Waals surface area contributed by atoms with Crippen molar-refractivity contribution in [1.82, 2.24) is 9.55 Å². The first-order valence-corrected chi connectivity index (χ1v) is 7.61. The van der Waals surface area contributed by atoms with E-state index in [1.807, 2.05) is 43.3 Å². The summed E-state index contributed by atoms with van der Waals surface area (Å²) in [7, 11) is 0. The lowest BCUT2D eigenvalue weighted by Crippen LogP contribution is -2.03. The van der Waals surface area contributed by atoms with Gasteiger partial charge in [-0.1, -0.05) is 0 Å². The molecule has 1 heterocycles. The molecule has 0 aliphatic carbocycles. The lowest BCUT2D eigenvalue weighted by atomic mass is 10.2. The molecule has 0 fully saturated rings. The van der Waals surface area contributed by atoms with E-state index in [2.05, 4.69) is 24.5 Å². The van der Waals surface area contributed by atoms with E-state index >= 15 is 0 Å². The van der Waals surface area contributed by atoms with Crippen molar-refractivity contribution in [1.29, 1.82) is 0 Å². The van der Waals surface area contributed by atoms with Crippen LogP contribution in [-0.2, 0) is 0 Å². The van der Waals surface area contributed by atoms with Crippen molar-refractivity contribution in [2.45, 2.75) is 26.8 Å². The maximum atomic E-state index is 5.79. The smallest absolute Gasteiger partial charge is 0.141 e. The molecule has 114 valence electrons. The molecule has 2 aromatic carbocycles. The van der Waals surface area contributed by atoms with Crippen molar-refractivity contribution < 1.29 is 4.74 Å². The van der Waals surface area contributed by atoms with Crippen LogP contribution in [0.2, 0.25) is 0 Å². The van der Waals surface area contributed by atoms with Gasteiger partial charge in [0.2, 0.25) is 0 Å². The molecule has 2 N–H and O–H groups in total. The zero-order valence-electron chi connectivity index (χ0n) is 13.2. The third kappa shape index (κ3) is 2.52. The molecule has 0 saturated heterocycles. The van der Waals surface area contributed by atoms with Crippen molar-refractivity contribution in [2.75, 3.05) is 12.3 Å². The van der Waals surface area contributed by atoms with Gasteiger partial charge < -0.3 is 15.0 Å². The fourth-order valence-corrected chi connectivity index (χ4v) is 2.69. The average Bonchev–Trinajstić information content (AvgIpc) is 2.87. The highest BCUT2D eigenvalue weighted by Gasteiger charge is 2.15. The number of rotatable bonds is 4. The van der Waals surface area contributed by atoms with Gasteiger partial charge in [-0.25, -0.2) is 4.98 Å². The second-order valence-corrected chi connectivity index (χ2v) is 5.60. The van der Waals surface area contributed by atoms with Crippen molar-refractivity contribution in [3.8, 4) is 17.1 Å². The molecule has 0 aliphatic rings. The molecule has 4 nitrogen and oxygen atoms in total. The number of aromatic nitrogens is 2. The summed E-state index contributed by atoms with van der Waals surface area (Å²) in [6.45, 7) is 6.97. The Morgan fingerprint density at radius 1 is 1.14 bits per heavy atom. The first-order chi connectivity index (χ1) is 10.6. The number of nitrogens with zero attached hydrogens (tertiary/aromatic N) is 2. The maximum absolute atomic E-state index is 5.79. The van der Waals surface area contributed by atoms with Crippen LogP contribution in [0.5, 0.6) is 5.75 Å². The van der Waals surface area contributed by atoms with Crippen LogP contribution < -0.4 is 10.5 Å². The van der Waals surface area contributed by atoms with E-state index in [1.54, 1.807) is 0 Å². The van der Waals surface area contributed by atoms with Crippen LogP contribution in [0.25, 0.3) is 22.4 Å². The Bertz CT molecular complexity index is 788. The standard InChI is InChI=1S/C18H21N3O/c1-4-22-15-9-10-17-16(11-15)20-18(21(17)12(2)3)13-5-7-14(19)8-6-13/h5-12H,4,19H2,1-3H3. The van der Waals surface area contributed by atoms with Crippen molar-refractivity contribution >= 4 is 16.7 Å². The van der Waals surface area contributed by atoms with Gasteiger partial charge in [0.05, 0.1) is 17.6 Å². The van der Waals surface area contributed by atoms with Gasteiger partial charge >= 0.3 is 0 Å².